The summed E-state index contributed by atoms with van der Waals surface area (Å²) in [7, 11) is 0. The highest BCUT2D eigenvalue weighted by Gasteiger charge is 2.19. The van der Waals surface area contributed by atoms with Crippen LogP contribution in [-0.2, 0) is 13.0 Å². The van der Waals surface area contributed by atoms with Crippen LogP contribution in [0.4, 0.5) is 0 Å². The Morgan fingerprint density at radius 1 is 1.27 bits per heavy atom. The molecule has 0 N–H and O–H groups in total. The Bertz CT molecular complexity index is 719. The van der Waals surface area contributed by atoms with E-state index in [2.05, 4.69) is 27.4 Å². The number of halogens is 1. The molecule has 3 aromatic heterocycles. The highest BCUT2D eigenvalue weighted by atomic mass is 79.9. The Balaban J connectivity index is 1.74. The van der Waals surface area contributed by atoms with Crippen LogP contribution in [-0.4, -0.2) is 17.4 Å². The Morgan fingerprint density at radius 2 is 2.18 bits per heavy atom. The quantitative estimate of drug-likeness (QED) is 0.584. The van der Waals surface area contributed by atoms with Crippen molar-refractivity contribution >= 4 is 44.5 Å². The molecule has 0 aliphatic heterocycles. The number of hydrogen-bond donors (Lipinski definition) is 0. The molecule has 22 heavy (non-hydrogen) atoms. The largest absolute Gasteiger partial charge is 0.467 e. The van der Waals surface area contributed by atoms with Gasteiger partial charge in [0.15, 0.2) is 0 Å². The van der Waals surface area contributed by atoms with Gasteiger partial charge in [-0.1, -0.05) is 6.07 Å². The van der Waals surface area contributed by atoms with Crippen molar-refractivity contribution in [2.45, 2.75) is 13.0 Å². The van der Waals surface area contributed by atoms with Crippen LogP contribution in [0.2, 0.25) is 0 Å². The van der Waals surface area contributed by atoms with Gasteiger partial charge in [0, 0.05) is 21.3 Å². The van der Waals surface area contributed by atoms with Crippen molar-refractivity contribution in [3.63, 3.8) is 0 Å². The molecule has 1 amide bonds. The van der Waals surface area contributed by atoms with E-state index in [-0.39, 0.29) is 5.91 Å². The average Bonchev–Trinajstić information content (AvgIpc) is 3.25. The Morgan fingerprint density at radius 3 is 2.82 bits per heavy atom. The first-order valence-electron chi connectivity index (χ1n) is 6.80. The fraction of sp³-hybridized carbons (Fsp3) is 0.188. The van der Waals surface area contributed by atoms with Gasteiger partial charge in [-0.05, 0) is 52.0 Å². The molecule has 0 atom stereocenters. The predicted octanol–water partition coefficient (Wildman–Crippen LogP) is 5.05. The van der Waals surface area contributed by atoms with E-state index < -0.39 is 0 Å². The van der Waals surface area contributed by atoms with E-state index in [1.54, 1.807) is 17.6 Å². The van der Waals surface area contributed by atoms with Crippen molar-refractivity contribution in [2.75, 3.05) is 6.54 Å². The second-order valence-electron chi connectivity index (χ2n) is 4.76. The molecule has 0 radical (unpaired) electrons. The van der Waals surface area contributed by atoms with Crippen molar-refractivity contribution < 1.29 is 9.21 Å². The van der Waals surface area contributed by atoms with Gasteiger partial charge >= 0.3 is 0 Å². The first-order chi connectivity index (χ1) is 10.7. The van der Waals surface area contributed by atoms with E-state index in [0.29, 0.717) is 13.1 Å². The maximum atomic E-state index is 12.7. The van der Waals surface area contributed by atoms with Crippen LogP contribution < -0.4 is 0 Å². The van der Waals surface area contributed by atoms with Crippen LogP contribution in [0.15, 0.2) is 56.2 Å². The molecule has 0 saturated carbocycles. The van der Waals surface area contributed by atoms with Crippen LogP contribution in [0.1, 0.15) is 20.3 Å². The van der Waals surface area contributed by atoms with Crippen molar-refractivity contribution in [1.29, 1.82) is 0 Å². The minimum Gasteiger partial charge on any atom is -0.467 e. The van der Waals surface area contributed by atoms with E-state index in [0.717, 1.165) is 21.5 Å². The highest BCUT2D eigenvalue weighted by molar-refractivity contribution is 9.10. The molecule has 0 bridgehead atoms. The summed E-state index contributed by atoms with van der Waals surface area (Å²) in [5, 5.41) is 3.99. The highest BCUT2D eigenvalue weighted by Crippen LogP contribution is 2.22. The second kappa shape index (κ2) is 7.26. The predicted molar refractivity (Wildman–Crippen MR) is 93.5 cm³/mol. The molecule has 3 rings (SSSR count). The number of carbonyl (C=O) groups is 1. The van der Waals surface area contributed by atoms with Crippen molar-refractivity contribution in [1.82, 2.24) is 4.90 Å². The number of amides is 1. The molecule has 3 heterocycles. The molecule has 0 unspecified atom stereocenters. The van der Waals surface area contributed by atoms with Crippen molar-refractivity contribution in [3.8, 4) is 0 Å². The zero-order chi connectivity index (χ0) is 15.4. The maximum Gasteiger partial charge on any atom is 0.264 e. The topological polar surface area (TPSA) is 33.5 Å². The Hall–Kier alpha value is -1.37. The van der Waals surface area contributed by atoms with E-state index in [9.17, 15) is 4.79 Å². The van der Waals surface area contributed by atoms with Gasteiger partial charge in [0.1, 0.15) is 5.76 Å². The van der Waals surface area contributed by atoms with Crippen LogP contribution in [0.25, 0.3) is 0 Å². The first kappa shape index (κ1) is 15.5. The van der Waals surface area contributed by atoms with Crippen LogP contribution in [0.3, 0.4) is 0 Å². The molecule has 0 saturated heterocycles. The number of nitrogens with zero attached hydrogens (tertiary/aromatic N) is 1. The molecule has 0 fully saturated rings. The molecule has 0 aromatic carbocycles. The molecular weight excluding hydrogens is 382 g/mol. The fourth-order valence-electron chi connectivity index (χ4n) is 2.12. The van der Waals surface area contributed by atoms with Crippen LogP contribution >= 0.6 is 38.6 Å². The molecule has 0 aliphatic rings. The van der Waals surface area contributed by atoms with Crippen LogP contribution in [0.5, 0.6) is 0 Å². The van der Waals surface area contributed by atoms with E-state index in [4.69, 9.17) is 4.42 Å². The fourth-order valence-corrected chi connectivity index (χ4v) is 4.22. The summed E-state index contributed by atoms with van der Waals surface area (Å²) in [5.41, 5.74) is 0. The summed E-state index contributed by atoms with van der Waals surface area (Å²) in [4.78, 5) is 16.6. The van der Waals surface area contributed by atoms with Crippen molar-refractivity contribution in [2.24, 2.45) is 0 Å². The SMILES string of the molecule is O=C(c1cc(Br)cs1)N(CCc1cccs1)Cc1ccco1. The Kier molecular flexibility index (Phi) is 5.12. The zero-order valence-electron chi connectivity index (χ0n) is 11.7. The molecule has 114 valence electrons. The number of rotatable bonds is 6. The van der Waals surface area contributed by atoms with Gasteiger partial charge in [0.25, 0.3) is 5.91 Å². The summed E-state index contributed by atoms with van der Waals surface area (Å²) < 4.78 is 6.34. The van der Waals surface area contributed by atoms with Gasteiger partial charge in [-0.25, -0.2) is 0 Å². The van der Waals surface area contributed by atoms with Gasteiger partial charge in [0.2, 0.25) is 0 Å². The maximum absolute atomic E-state index is 12.7. The third-order valence-corrected chi connectivity index (χ3v) is 5.82. The monoisotopic (exact) mass is 395 g/mol. The summed E-state index contributed by atoms with van der Waals surface area (Å²) in [6.45, 7) is 1.17. The van der Waals surface area contributed by atoms with Gasteiger partial charge < -0.3 is 9.32 Å². The first-order valence-corrected chi connectivity index (χ1v) is 9.35. The molecular formula is C16H14BrNO2S2. The number of furan rings is 1. The van der Waals surface area contributed by atoms with Gasteiger partial charge in [0.05, 0.1) is 17.7 Å². The summed E-state index contributed by atoms with van der Waals surface area (Å²) in [6.07, 6.45) is 2.50. The smallest absolute Gasteiger partial charge is 0.264 e. The lowest BCUT2D eigenvalue weighted by Crippen LogP contribution is -2.31. The lowest BCUT2D eigenvalue weighted by Gasteiger charge is -2.20. The summed E-state index contributed by atoms with van der Waals surface area (Å²) in [6, 6.07) is 9.75. The van der Waals surface area contributed by atoms with E-state index in [1.165, 1.54) is 16.2 Å². The number of carbonyl (C=O) groups excluding carboxylic acids is 1. The third kappa shape index (κ3) is 3.88. The molecule has 3 nitrogen and oxygen atoms in total. The molecule has 0 aliphatic carbocycles. The number of hydrogen-bond acceptors (Lipinski definition) is 4. The minimum absolute atomic E-state index is 0.0451. The third-order valence-electron chi connectivity index (χ3n) is 3.20. The second-order valence-corrected chi connectivity index (χ2v) is 7.62. The molecule has 3 aromatic rings. The van der Waals surface area contributed by atoms with E-state index >= 15 is 0 Å². The molecule has 6 heteroatoms. The van der Waals surface area contributed by atoms with Gasteiger partial charge in [-0.15, -0.1) is 22.7 Å². The van der Waals surface area contributed by atoms with Crippen molar-refractivity contribution in [3.05, 3.63) is 67.3 Å². The number of thiophene rings is 2. The molecule has 0 spiro atoms. The zero-order valence-corrected chi connectivity index (χ0v) is 14.9. The normalized spacial score (nSPS) is 10.8. The van der Waals surface area contributed by atoms with Gasteiger partial charge in [-0.2, -0.15) is 0 Å². The minimum atomic E-state index is 0.0451. The lowest BCUT2D eigenvalue weighted by molar-refractivity contribution is 0.0738. The Labute approximate surface area is 145 Å². The average molecular weight is 396 g/mol. The lowest BCUT2D eigenvalue weighted by atomic mass is 10.3. The van der Waals surface area contributed by atoms with E-state index in [1.807, 2.05) is 34.5 Å². The van der Waals surface area contributed by atoms with Gasteiger partial charge in [-0.3, -0.25) is 4.79 Å². The summed E-state index contributed by atoms with van der Waals surface area (Å²) in [5.74, 6) is 0.846. The summed E-state index contributed by atoms with van der Waals surface area (Å²) >= 11 is 6.58. The standard InChI is InChI=1S/C16H14BrNO2S2/c17-12-9-15(22-11-12)16(19)18(10-13-3-1-7-20-13)6-5-14-4-2-8-21-14/h1-4,7-9,11H,5-6,10H2. The van der Waals surface area contributed by atoms with Crippen LogP contribution in [0, 0.1) is 0 Å².